The highest BCUT2D eigenvalue weighted by Crippen LogP contribution is 2.49. The number of ether oxygens (including phenoxy) is 4. The van der Waals surface area contributed by atoms with Gasteiger partial charge in [0, 0.05) is 89.4 Å². The van der Waals surface area contributed by atoms with Crippen LogP contribution in [0.15, 0.2) is 124 Å². The van der Waals surface area contributed by atoms with E-state index in [1.54, 1.807) is 40.6 Å². The molecule has 0 saturated heterocycles. The average Bonchev–Trinajstić information content (AvgIpc) is 4.16. The van der Waals surface area contributed by atoms with Crippen LogP contribution < -0.4 is 18.9 Å². The van der Waals surface area contributed by atoms with E-state index in [4.69, 9.17) is 33.9 Å². The molecule has 0 saturated carbocycles. The van der Waals surface area contributed by atoms with Crippen molar-refractivity contribution in [1.82, 2.24) is 13.7 Å². The zero-order valence-corrected chi connectivity index (χ0v) is 43.6. The van der Waals surface area contributed by atoms with Crippen LogP contribution in [0.4, 0.5) is 0 Å². The van der Waals surface area contributed by atoms with Gasteiger partial charge in [-0.25, -0.2) is 0 Å². The van der Waals surface area contributed by atoms with Gasteiger partial charge >= 0.3 is 0 Å². The fraction of sp³-hybridized carbons (Fsp3) is 0.286. The van der Waals surface area contributed by atoms with Crippen LogP contribution >= 0.6 is 0 Å². The van der Waals surface area contributed by atoms with Gasteiger partial charge in [0.25, 0.3) is 0 Å². The lowest BCUT2D eigenvalue weighted by Gasteiger charge is -2.30. The molecule has 384 valence electrons. The van der Waals surface area contributed by atoms with Crippen LogP contribution in [0.2, 0.25) is 0 Å². The Labute approximate surface area is 440 Å². The van der Waals surface area contributed by atoms with Crippen LogP contribution in [0.3, 0.4) is 0 Å². The van der Waals surface area contributed by atoms with Gasteiger partial charge in [0.1, 0.15) is 17.2 Å². The van der Waals surface area contributed by atoms with E-state index >= 15 is 0 Å². The van der Waals surface area contributed by atoms with E-state index < -0.39 is 18.1 Å². The van der Waals surface area contributed by atoms with E-state index in [1.807, 2.05) is 55.5 Å². The molecule has 7 heterocycles. The van der Waals surface area contributed by atoms with Gasteiger partial charge in [-0.15, -0.1) is 0 Å². The second-order valence-corrected chi connectivity index (χ2v) is 20.6. The molecule has 4 aliphatic rings. The zero-order chi connectivity index (χ0) is 52.1. The SMILES string of the molecule is COc1ccc2c3c4n(c2c1)C(c1cccc(OC)c1O)CC1=NCCc2c1n(c1cc(C)ccc21)C(c1cccc(C)c1O)CC1=NCCc2c1n(c1cc(OC)ccc21)C(c1cccc(OC)c1O)CC4=NCC3. The average molecular weight is 1010 g/mol. The lowest BCUT2D eigenvalue weighted by atomic mass is 9.91. The predicted octanol–water partition coefficient (Wildman–Crippen LogP) is 11.7. The maximum Gasteiger partial charge on any atom is 0.163 e. The number of aromatic nitrogens is 3. The summed E-state index contributed by atoms with van der Waals surface area (Å²) in [6.07, 6.45) is 3.20. The Balaban J connectivity index is 1.21. The van der Waals surface area contributed by atoms with E-state index in [0.717, 1.165) is 101 Å². The first kappa shape index (κ1) is 47.3. The van der Waals surface area contributed by atoms with Gasteiger partial charge in [-0.1, -0.05) is 54.6 Å². The molecule has 13 heteroatoms. The normalized spacial score (nSPS) is 18.2. The molecule has 0 spiro atoms. The number of aliphatic imine (C=N–C) groups is 3. The maximum absolute atomic E-state index is 12.6. The molecule has 3 N–H and O–H groups in total. The van der Waals surface area contributed by atoms with E-state index in [-0.39, 0.29) is 17.2 Å². The van der Waals surface area contributed by atoms with Crippen molar-refractivity contribution in [3.05, 3.63) is 171 Å². The lowest BCUT2D eigenvalue weighted by Crippen LogP contribution is -2.27. The Kier molecular flexibility index (Phi) is 11.5. The summed E-state index contributed by atoms with van der Waals surface area (Å²) in [6.45, 7) is 5.77. The molecular weight excluding hydrogens is 953 g/mol. The fourth-order valence-corrected chi connectivity index (χ4v) is 13.2. The van der Waals surface area contributed by atoms with Crippen molar-refractivity contribution >= 4 is 49.8 Å². The monoisotopic (exact) mass is 1010 g/mol. The van der Waals surface area contributed by atoms with Crippen LogP contribution in [0.5, 0.6) is 40.2 Å². The highest BCUT2D eigenvalue weighted by Gasteiger charge is 2.40. The third-order valence-corrected chi connectivity index (χ3v) is 16.7. The molecule has 13 nitrogen and oxygen atoms in total. The Morgan fingerprint density at radius 1 is 0.434 bits per heavy atom. The molecule has 0 fully saturated rings. The number of hydrogen-bond donors (Lipinski definition) is 3. The summed E-state index contributed by atoms with van der Waals surface area (Å²) in [6, 6.07) is 35.1. The summed E-state index contributed by atoms with van der Waals surface area (Å²) in [5, 5.41) is 40.9. The smallest absolute Gasteiger partial charge is 0.163 e. The Morgan fingerprint density at radius 3 is 1.22 bits per heavy atom. The number of aromatic hydroxyl groups is 3. The second kappa shape index (κ2) is 18.4. The molecule has 6 aromatic carbocycles. The molecule has 13 rings (SSSR count). The van der Waals surface area contributed by atoms with Gasteiger partial charge < -0.3 is 48.0 Å². The number of hydrogen-bond acceptors (Lipinski definition) is 10. The second-order valence-electron chi connectivity index (χ2n) is 20.6. The summed E-state index contributed by atoms with van der Waals surface area (Å²) in [7, 11) is 6.55. The summed E-state index contributed by atoms with van der Waals surface area (Å²) in [5.41, 5.74) is 15.9. The van der Waals surface area contributed by atoms with Crippen molar-refractivity contribution in [3.8, 4) is 40.2 Å². The number of aryl methyl sites for hydroxylation is 2. The standard InChI is InChI=1S/C63H60N6O7/c1-34-16-19-38-41-22-25-65-48-32-54(45-12-8-14-56(75-5)62(45)71)69-52-30-37(74-4)18-21-40(52)43-24-27-66-49(60(43)69)33-55(46-13-9-15-57(76-6)63(46)72)68-51-29-36(73-3)17-20-39(51)42-23-26-64-47(59(42)68)31-53(67(58(41)48)50(38)28-34)44-11-7-10-35(2)61(44)70/h7-21,28-30,53-55,70-72H,22-27,31-33H2,1-6H3. The van der Waals surface area contributed by atoms with Gasteiger partial charge in [0.05, 0.1) is 91.8 Å². The number of phenols is 3. The Bertz CT molecular complexity index is 3970. The molecule has 0 bridgehead atoms. The number of nitrogens with zero attached hydrogens (tertiary/aromatic N) is 6. The van der Waals surface area contributed by atoms with E-state index in [2.05, 4.69) is 69.2 Å². The molecule has 3 unspecified atom stereocenters. The molecule has 3 atom stereocenters. The summed E-state index contributed by atoms with van der Waals surface area (Å²) < 4.78 is 31.0. The van der Waals surface area contributed by atoms with Crippen molar-refractivity contribution in [2.45, 2.75) is 70.5 Å². The minimum atomic E-state index is -0.585. The molecule has 0 radical (unpaired) electrons. The molecular formula is C63H60N6O7. The Morgan fingerprint density at radius 2 is 0.816 bits per heavy atom. The van der Waals surface area contributed by atoms with Crippen LogP contribution in [0, 0.1) is 13.8 Å². The molecule has 4 aliphatic heterocycles. The quantitative estimate of drug-likeness (QED) is 0.144. The summed E-state index contributed by atoms with van der Waals surface area (Å²) in [5.74, 6) is 2.42. The fourth-order valence-electron chi connectivity index (χ4n) is 13.2. The van der Waals surface area contributed by atoms with E-state index in [9.17, 15) is 15.3 Å². The van der Waals surface area contributed by atoms with E-state index in [0.29, 0.717) is 85.9 Å². The summed E-state index contributed by atoms with van der Waals surface area (Å²) >= 11 is 0. The molecule has 0 amide bonds. The van der Waals surface area contributed by atoms with Crippen molar-refractivity contribution in [3.63, 3.8) is 0 Å². The third kappa shape index (κ3) is 7.22. The number of fused-ring (bicyclic) bond motifs is 9. The number of para-hydroxylation sites is 3. The first-order valence-electron chi connectivity index (χ1n) is 26.3. The van der Waals surface area contributed by atoms with E-state index in [1.165, 1.54) is 5.56 Å². The Hall–Kier alpha value is -8.45. The minimum Gasteiger partial charge on any atom is -0.507 e. The maximum atomic E-state index is 12.6. The van der Waals surface area contributed by atoms with Gasteiger partial charge in [-0.2, -0.15) is 0 Å². The third-order valence-electron chi connectivity index (χ3n) is 16.7. The van der Waals surface area contributed by atoms with Crippen LogP contribution in [-0.4, -0.2) is 94.2 Å². The molecule has 0 aliphatic carbocycles. The van der Waals surface area contributed by atoms with Crippen LogP contribution in [-0.2, 0) is 19.3 Å². The molecule has 76 heavy (non-hydrogen) atoms. The molecule has 9 aromatic rings. The van der Waals surface area contributed by atoms with Crippen LogP contribution in [0.25, 0.3) is 32.7 Å². The lowest BCUT2D eigenvalue weighted by molar-refractivity contribution is 0.366. The number of rotatable bonds is 7. The first-order valence-corrected chi connectivity index (χ1v) is 26.3. The highest BCUT2D eigenvalue weighted by atomic mass is 16.5. The number of benzene rings is 6. The number of phenolic OH excluding ortho intramolecular Hbond substituents is 3. The van der Waals surface area contributed by atoms with Crippen molar-refractivity contribution in [1.29, 1.82) is 0 Å². The first-order chi connectivity index (χ1) is 37.1. The largest absolute Gasteiger partial charge is 0.507 e. The van der Waals surface area contributed by atoms with Gasteiger partial charge in [0.2, 0.25) is 0 Å². The zero-order valence-electron chi connectivity index (χ0n) is 43.6. The highest BCUT2D eigenvalue weighted by molar-refractivity contribution is 6.11. The predicted molar refractivity (Wildman–Crippen MR) is 299 cm³/mol. The van der Waals surface area contributed by atoms with Crippen LogP contribution in [0.1, 0.15) is 99.0 Å². The van der Waals surface area contributed by atoms with Gasteiger partial charge in [-0.05, 0) is 103 Å². The van der Waals surface area contributed by atoms with Crippen molar-refractivity contribution in [2.75, 3.05) is 48.1 Å². The van der Waals surface area contributed by atoms with Crippen molar-refractivity contribution in [2.24, 2.45) is 15.0 Å². The minimum absolute atomic E-state index is 0.0370. The van der Waals surface area contributed by atoms with Crippen molar-refractivity contribution < 1.29 is 34.3 Å². The topological polar surface area (TPSA) is 149 Å². The summed E-state index contributed by atoms with van der Waals surface area (Å²) in [4.78, 5) is 16.7. The van der Waals surface area contributed by atoms with Gasteiger partial charge in [0.15, 0.2) is 23.0 Å². The number of methoxy groups -OCH3 is 4. The molecule has 3 aromatic heterocycles. The van der Waals surface area contributed by atoms with Gasteiger partial charge in [-0.3, -0.25) is 15.0 Å².